The normalized spacial score (nSPS) is 10.7. The van der Waals surface area contributed by atoms with E-state index in [-0.39, 0.29) is 11.4 Å². The maximum Gasteiger partial charge on any atom is 0.188 e. The van der Waals surface area contributed by atoms with Crippen LogP contribution in [0.2, 0.25) is 0 Å². The summed E-state index contributed by atoms with van der Waals surface area (Å²) in [6, 6.07) is 4.88. The van der Waals surface area contributed by atoms with E-state index in [1.807, 2.05) is 20.8 Å². The molecule has 2 rings (SSSR count). The van der Waals surface area contributed by atoms with Gasteiger partial charge in [0.15, 0.2) is 5.16 Å². The lowest BCUT2D eigenvalue weighted by Gasteiger charge is -2.08. The van der Waals surface area contributed by atoms with E-state index in [1.165, 1.54) is 17.8 Å². The second-order valence-corrected chi connectivity index (χ2v) is 5.73. The van der Waals surface area contributed by atoms with Crippen molar-refractivity contribution < 1.29 is 4.39 Å². The smallest absolute Gasteiger partial charge is 0.188 e. The highest BCUT2D eigenvalue weighted by molar-refractivity contribution is 7.98. The van der Waals surface area contributed by atoms with E-state index in [1.54, 1.807) is 12.1 Å². The van der Waals surface area contributed by atoms with E-state index in [9.17, 15) is 4.39 Å². The average molecular weight is 304 g/mol. The number of nitrogens with zero attached hydrogens (tertiary/aromatic N) is 2. The van der Waals surface area contributed by atoms with Crippen LogP contribution in [0.4, 0.5) is 4.39 Å². The number of rotatable bonds is 4. The van der Waals surface area contributed by atoms with Crippen LogP contribution < -0.4 is 5.73 Å². The van der Waals surface area contributed by atoms with Crippen molar-refractivity contribution in [1.82, 2.24) is 9.97 Å². The molecule has 0 aliphatic carbocycles. The zero-order valence-electron chi connectivity index (χ0n) is 12.2. The average Bonchev–Trinajstić information content (AvgIpc) is 2.43. The van der Waals surface area contributed by atoms with Gasteiger partial charge in [0.2, 0.25) is 0 Å². The van der Waals surface area contributed by atoms with Gasteiger partial charge in [-0.2, -0.15) is 0 Å². The van der Waals surface area contributed by atoms with Gasteiger partial charge in [0.05, 0.1) is 5.56 Å². The fourth-order valence-corrected chi connectivity index (χ4v) is 2.76. The van der Waals surface area contributed by atoms with Crippen molar-refractivity contribution in [3.05, 3.63) is 52.1 Å². The fourth-order valence-electron chi connectivity index (χ4n) is 1.85. The molecule has 0 bridgehead atoms. The lowest BCUT2D eigenvalue weighted by molar-refractivity contribution is 0.614. The zero-order valence-corrected chi connectivity index (χ0v) is 13.0. The van der Waals surface area contributed by atoms with Crippen LogP contribution >= 0.6 is 11.8 Å². The second kappa shape index (κ2) is 6.22. The summed E-state index contributed by atoms with van der Waals surface area (Å²) in [5.74, 6) is -0.315. The third-order valence-corrected chi connectivity index (χ3v) is 4.23. The molecule has 0 atom stereocenters. The molecule has 0 spiro atoms. The van der Waals surface area contributed by atoms with Gasteiger partial charge in [0, 0.05) is 17.1 Å². The Bertz CT molecular complexity index is 677. The number of halogens is 1. The predicted octanol–water partition coefficient (Wildman–Crippen LogP) is 3.12. The highest BCUT2D eigenvalue weighted by Gasteiger charge is 2.12. The van der Waals surface area contributed by atoms with Crippen LogP contribution in [-0.2, 0) is 5.75 Å². The highest BCUT2D eigenvalue weighted by atomic mass is 32.2. The van der Waals surface area contributed by atoms with Gasteiger partial charge in [-0.05, 0) is 38.0 Å². The van der Waals surface area contributed by atoms with Crippen LogP contribution in [0.15, 0.2) is 23.4 Å². The molecule has 1 aromatic heterocycles. The molecule has 2 aromatic rings. The number of aryl methyl sites for hydroxylation is 2. The summed E-state index contributed by atoms with van der Waals surface area (Å²) >= 11 is 1.37. The molecule has 0 saturated heterocycles. The molecule has 1 aromatic carbocycles. The SMILES string of the molecule is Cc1nc(SCc2cccc(C(=N)N)c2F)nc(C)c1C. The molecule has 0 aliphatic heterocycles. The van der Waals surface area contributed by atoms with Crippen LogP contribution in [0.1, 0.15) is 28.1 Å². The van der Waals surface area contributed by atoms with Crippen molar-refractivity contribution in [2.45, 2.75) is 31.7 Å². The summed E-state index contributed by atoms with van der Waals surface area (Å²) in [5.41, 5.74) is 8.92. The van der Waals surface area contributed by atoms with Crippen molar-refractivity contribution in [1.29, 1.82) is 5.41 Å². The van der Waals surface area contributed by atoms with Crippen molar-refractivity contribution >= 4 is 17.6 Å². The lowest BCUT2D eigenvalue weighted by atomic mass is 10.1. The number of aromatic nitrogens is 2. The first kappa shape index (κ1) is 15.4. The summed E-state index contributed by atoms with van der Waals surface area (Å²) in [6.45, 7) is 5.85. The molecule has 0 saturated carbocycles. The van der Waals surface area contributed by atoms with Gasteiger partial charge in [-0.15, -0.1) is 0 Å². The fraction of sp³-hybridized carbons (Fsp3) is 0.267. The minimum Gasteiger partial charge on any atom is -0.384 e. The van der Waals surface area contributed by atoms with Gasteiger partial charge < -0.3 is 5.73 Å². The van der Waals surface area contributed by atoms with Crippen molar-refractivity contribution in [2.75, 3.05) is 0 Å². The van der Waals surface area contributed by atoms with E-state index in [0.29, 0.717) is 16.5 Å². The quantitative estimate of drug-likeness (QED) is 0.394. The third kappa shape index (κ3) is 3.39. The molecule has 0 fully saturated rings. The molecule has 4 nitrogen and oxygen atoms in total. The standard InChI is InChI=1S/C15H17FN4S/c1-8-9(2)19-15(20-10(8)3)21-7-11-5-4-6-12(13(11)16)14(17)18/h4-6H,7H2,1-3H3,(H3,17,18). The molecule has 0 radical (unpaired) electrons. The van der Waals surface area contributed by atoms with E-state index in [2.05, 4.69) is 9.97 Å². The maximum absolute atomic E-state index is 14.2. The van der Waals surface area contributed by atoms with Gasteiger partial charge in [-0.25, -0.2) is 14.4 Å². The van der Waals surface area contributed by atoms with Crippen LogP contribution in [0.25, 0.3) is 0 Å². The largest absolute Gasteiger partial charge is 0.384 e. The number of hydrogen-bond donors (Lipinski definition) is 2. The third-order valence-electron chi connectivity index (χ3n) is 3.34. The van der Waals surface area contributed by atoms with Gasteiger partial charge >= 0.3 is 0 Å². The van der Waals surface area contributed by atoms with Crippen LogP contribution in [0, 0.1) is 32.0 Å². The number of thioether (sulfide) groups is 1. The Kier molecular flexibility index (Phi) is 4.57. The molecule has 0 unspecified atom stereocenters. The molecule has 110 valence electrons. The number of nitrogen functional groups attached to an aromatic ring is 1. The summed E-state index contributed by atoms with van der Waals surface area (Å²) < 4.78 is 14.2. The topological polar surface area (TPSA) is 75.7 Å². The molecule has 0 aliphatic rings. The Morgan fingerprint density at radius 3 is 2.43 bits per heavy atom. The monoisotopic (exact) mass is 304 g/mol. The minimum atomic E-state index is -0.446. The van der Waals surface area contributed by atoms with Gasteiger partial charge in [-0.1, -0.05) is 23.9 Å². The first-order chi connectivity index (χ1) is 9.90. The molecule has 6 heteroatoms. The Morgan fingerprint density at radius 1 is 1.24 bits per heavy atom. The molecular formula is C15H17FN4S. The first-order valence-electron chi connectivity index (χ1n) is 6.46. The molecular weight excluding hydrogens is 287 g/mol. The lowest BCUT2D eigenvalue weighted by Crippen LogP contribution is -2.14. The number of hydrogen-bond acceptors (Lipinski definition) is 4. The van der Waals surface area contributed by atoms with Gasteiger partial charge in [0.25, 0.3) is 0 Å². The van der Waals surface area contributed by atoms with Crippen LogP contribution in [0.3, 0.4) is 0 Å². The summed E-state index contributed by atoms with van der Waals surface area (Å²) in [6.07, 6.45) is 0. The molecule has 3 N–H and O–H groups in total. The van der Waals surface area contributed by atoms with Crippen molar-refractivity contribution in [2.24, 2.45) is 5.73 Å². The number of benzene rings is 1. The van der Waals surface area contributed by atoms with Crippen molar-refractivity contribution in [3.63, 3.8) is 0 Å². The van der Waals surface area contributed by atoms with Gasteiger partial charge in [-0.3, -0.25) is 5.41 Å². The summed E-state index contributed by atoms with van der Waals surface area (Å²) in [7, 11) is 0. The van der Waals surface area contributed by atoms with E-state index < -0.39 is 5.82 Å². The Labute approximate surface area is 127 Å². The maximum atomic E-state index is 14.2. The van der Waals surface area contributed by atoms with Crippen LogP contribution in [-0.4, -0.2) is 15.8 Å². The Balaban J connectivity index is 2.21. The first-order valence-corrected chi connectivity index (χ1v) is 7.45. The van der Waals surface area contributed by atoms with E-state index in [0.717, 1.165) is 17.0 Å². The second-order valence-electron chi connectivity index (χ2n) is 4.78. The Hall–Kier alpha value is -1.95. The van der Waals surface area contributed by atoms with E-state index in [4.69, 9.17) is 11.1 Å². The minimum absolute atomic E-state index is 0.130. The Morgan fingerprint density at radius 2 is 1.86 bits per heavy atom. The predicted molar refractivity (Wildman–Crippen MR) is 83.2 cm³/mol. The summed E-state index contributed by atoms with van der Waals surface area (Å²) in [5, 5.41) is 7.98. The van der Waals surface area contributed by atoms with E-state index >= 15 is 0 Å². The summed E-state index contributed by atoms with van der Waals surface area (Å²) in [4.78, 5) is 8.80. The zero-order chi connectivity index (χ0) is 15.6. The van der Waals surface area contributed by atoms with Gasteiger partial charge in [0.1, 0.15) is 11.7 Å². The number of nitrogens with one attached hydrogen (secondary N) is 1. The van der Waals surface area contributed by atoms with Crippen molar-refractivity contribution in [3.8, 4) is 0 Å². The molecule has 21 heavy (non-hydrogen) atoms. The molecule has 1 heterocycles. The number of amidine groups is 1. The van der Waals surface area contributed by atoms with Crippen LogP contribution in [0.5, 0.6) is 0 Å². The molecule has 0 amide bonds. The number of nitrogens with two attached hydrogens (primary N) is 1. The highest BCUT2D eigenvalue weighted by Crippen LogP contribution is 2.24.